The number of aromatic amines is 1. The van der Waals surface area contributed by atoms with Crippen LogP contribution in [0.5, 0.6) is 0 Å². The number of fused-ring (bicyclic) bond motifs is 1. The zero-order chi connectivity index (χ0) is 12.6. The fourth-order valence-corrected chi connectivity index (χ4v) is 2.37. The van der Waals surface area contributed by atoms with E-state index in [1.807, 2.05) is 0 Å². The topological polar surface area (TPSA) is 15.8 Å². The van der Waals surface area contributed by atoms with Crippen molar-refractivity contribution in [3.63, 3.8) is 0 Å². The summed E-state index contributed by atoms with van der Waals surface area (Å²) in [6.45, 7) is 11.3. The van der Waals surface area contributed by atoms with Crippen LogP contribution in [0.1, 0.15) is 43.9 Å². The Bertz CT molecular complexity index is 526. The highest BCUT2D eigenvalue weighted by atomic mass is 14.7. The molecule has 17 heavy (non-hydrogen) atoms. The smallest absolute Gasteiger partial charge is 0.0486 e. The van der Waals surface area contributed by atoms with E-state index in [4.69, 9.17) is 0 Å². The van der Waals surface area contributed by atoms with Crippen molar-refractivity contribution in [3.05, 3.63) is 35.0 Å². The molecule has 0 spiro atoms. The third-order valence-electron chi connectivity index (χ3n) is 3.36. The highest BCUT2D eigenvalue weighted by Crippen LogP contribution is 2.27. The van der Waals surface area contributed by atoms with Gasteiger partial charge in [-0.05, 0) is 49.3 Å². The minimum absolute atomic E-state index is 0.405. The lowest BCUT2D eigenvalue weighted by molar-refractivity contribution is 0.379. The molecule has 2 aromatic rings. The van der Waals surface area contributed by atoms with Crippen molar-refractivity contribution in [1.29, 1.82) is 0 Å². The van der Waals surface area contributed by atoms with Gasteiger partial charge < -0.3 is 4.98 Å². The molecule has 1 nitrogen and oxygen atoms in total. The molecule has 2 rings (SSSR count). The Kier molecular flexibility index (Phi) is 3.03. The predicted molar refractivity (Wildman–Crippen MR) is 75.5 cm³/mol. The fourth-order valence-electron chi connectivity index (χ4n) is 2.37. The van der Waals surface area contributed by atoms with Gasteiger partial charge in [0.05, 0.1) is 0 Å². The first kappa shape index (κ1) is 12.2. The molecular formula is C16H23N. The van der Waals surface area contributed by atoms with Crippen LogP contribution in [-0.4, -0.2) is 4.98 Å². The van der Waals surface area contributed by atoms with Crippen LogP contribution in [0.15, 0.2) is 18.3 Å². The Labute approximate surface area is 104 Å². The van der Waals surface area contributed by atoms with Gasteiger partial charge in [0.15, 0.2) is 0 Å². The van der Waals surface area contributed by atoms with Gasteiger partial charge >= 0.3 is 0 Å². The minimum Gasteiger partial charge on any atom is -0.361 e. The number of benzene rings is 1. The van der Waals surface area contributed by atoms with Crippen LogP contribution in [0.25, 0.3) is 10.9 Å². The SMILES string of the molecule is Cc1cc(C)c2[nH]cc(CCC(C)(C)C)c2c1. The maximum atomic E-state index is 3.42. The highest BCUT2D eigenvalue weighted by Gasteiger charge is 2.12. The van der Waals surface area contributed by atoms with Crippen molar-refractivity contribution < 1.29 is 0 Å². The van der Waals surface area contributed by atoms with Crippen LogP contribution < -0.4 is 0 Å². The second kappa shape index (κ2) is 4.21. The van der Waals surface area contributed by atoms with Gasteiger partial charge in [0, 0.05) is 17.1 Å². The van der Waals surface area contributed by atoms with Crippen molar-refractivity contribution in [2.45, 2.75) is 47.5 Å². The monoisotopic (exact) mass is 229 g/mol. The van der Waals surface area contributed by atoms with Gasteiger partial charge in [-0.1, -0.05) is 32.4 Å². The summed E-state index contributed by atoms with van der Waals surface area (Å²) in [5.41, 5.74) is 5.87. The zero-order valence-corrected chi connectivity index (χ0v) is 11.6. The third kappa shape index (κ3) is 2.71. The molecule has 0 amide bonds. The Morgan fingerprint density at radius 2 is 1.82 bits per heavy atom. The van der Waals surface area contributed by atoms with Crippen LogP contribution in [0.3, 0.4) is 0 Å². The molecule has 1 heterocycles. The van der Waals surface area contributed by atoms with Crippen LogP contribution in [-0.2, 0) is 6.42 Å². The summed E-state index contributed by atoms with van der Waals surface area (Å²) < 4.78 is 0. The largest absolute Gasteiger partial charge is 0.361 e. The van der Waals surface area contributed by atoms with Crippen molar-refractivity contribution in [2.75, 3.05) is 0 Å². The molecule has 1 N–H and O–H groups in total. The molecule has 1 aromatic carbocycles. The second-order valence-corrected chi connectivity index (χ2v) is 6.38. The lowest BCUT2D eigenvalue weighted by Crippen LogP contribution is -2.06. The molecule has 0 aliphatic rings. The van der Waals surface area contributed by atoms with E-state index < -0.39 is 0 Å². The summed E-state index contributed by atoms with van der Waals surface area (Å²) in [4.78, 5) is 3.42. The molecule has 92 valence electrons. The summed E-state index contributed by atoms with van der Waals surface area (Å²) in [6.07, 6.45) is 4.57. The maximum Gasteiger partial charge on any atom is 0.0486 e. The molecule has 0 aliphatic heterocycles. The first-order valence-electron chi connectivity index (χ1n) is 6.44. The number of aryl methyl sites for hydroxylation is 3. The number of H-pyrrole nitrogens is 1. The van der Waals surface area contributed by atoms with Crippen LogP contribution in [0, 0.1) is 19.3 Å². The quantitative estimate of drug-likeness (QED) is 0.764. The normalized spacial score (nSPS) is 12.3. The number of rotatable bonds is 2. The van der Waals surface area contributed by atoms with Crippen LogP contribution in [0.2, 0.25) is 0 Å². The van der Waals surface area contributed by atoms with Crippen molar-refractivity contribution in [2.24, 2.45) is 5.41 Å². The number of hydrogen-bond donors (Lipinski definition) is 1. The van der Waals surface area contributed by atoms with Crippen molar-refractivity contribution in [3.8, 4) is 0 Å². The molecule has 0 aliphatic carbocycles. The first-order chi connectivity index (χ1) is 7.87. The summed E-state index contributed by atoms with van der Waals surface area (Å²) in [5.74, 6) is 0. The number of hydrogen-bond acceptors (Lipinski definition) is 0. The Hall–Kier alpha value is -1.24. The van der Waals surface area contributed by atoms with E-state index >= 15 is 0 Å². The highest BCUT2D eigenvalue weighted by molar-refractivity contribution is 5.86. The number of aromatic nitrogens is 1. The lowest BCUT2D eigenvalue weighted by atomic mass is 9.88. The number of nitrogens with one attached hydrogen (secondary N) is 1. The fraction of sp³-hybridized carbons (Fsp3) is 0.500. The van der Waals surface area contributed by atoms with Crippen LogP contribution in [0.4, 0.5) is 0 Å². The summed E-state index contributed by atoms with van der Waals surface area (Å²) in [5, 5.41) is 1.41. The molecule has 0 saturated heterocycles. The molecule has 1 aromatic heterocycles. The molecule has 0 atom stereocenters. The van der Waals surface area contributed by atoms with Crippen molar-refractivity contribution in [1.82, 2.24) is 4.98 Å². The lowest BCUT2D eigenvalue weighted by Gasteiger charge is -2.17. The van der Waals surface area contributed by atoms with E-state index in [9.17, 15) is 0 Å². The van der Waals surface area contributed by atoms with E-state index in [1.165, 1.54) is 34.0 Å². The van der Waals surface area contributed by atoms with Gasteiger partial charge in [-0.25, -0.2) is 0 Å². The van der Waals surface area contributed by atoms with E-state index in [-0.39, 0.29) is 0 Å². The predicted octanol–water partition coefficient (Wildman–Crippen LogP) is 4.76. The van der Waals surface area contributed by atoms with E-state index in [2.05, 4.69) is 57.9 Å². The van der Waals surface area contributed by atoms with Gasteiger partial charge in [-0.3, -0.25) is 0 Å². The van der Waals surface area contributed by atoms with Gasteiger partial charge in [0.2, 0.25) is 0 Å². The second-order valence-electron chi connectivity index (χ2n) is 6.38. The molecule has 0 radical (unpaired) electrons. The first-order valence-corrected chi connectivity index (χ1v) is 6.44. The van der Waals surface area contributed by atoms with Crippen molar-refractivity contribution >= 4 is 10.9 Å². The van der Waals surface area contributed by atoms with E-state index in [1.54, 1.807) is 0 Å². The molecule has 0 fully saturated rings. The summed E-state index contributed by atoms with van der Waals surface area (Å²) >= 11 is 0. The standard InChI is InChI=1S/C16H23N/c1-11-8-12(2)15-14(9-11)13(10-17-15)6-7-16(3,4)5/h8-10,17H,6-7H2,1-5H3. The molecule has 1 heteroatoms. The van der Waals surface area contributed by atoms with E-state index in [0.717, 1.165) is 6.42 Å². The minimum atomic E-state index is 0.405. The maximum absolute atomic E-state index is 3.42. The molecule has 0 saturated carbocycles. The van der Waals surface area contributed by atoms with E-state index in [0.29, 0.717) is 5.41 Å². The van der Waals surface area contributed by atoms with Gasteiger partial charge in [-0.15, -0.1) is 0 Å². The Morgan fingerprint density at radius 1 is 1.12 bits per heavy atom. The van der Waals surface area contributed by atoms with Gasteiger partial charge in [-0.2, -0.15) is 0 Å². The summed E-state index contributed by atoms with van der Waals surface area (Å²) in [7, 11) is 0. The molecule has 0 bridgehead atoms. The average Bonchev–Trinajstić information content (AvgIpc) is 2.57. The molecular weight excluding hydrogens is 206 g/mol. The third-order valence-corrected chi connectivity index (χ3v) is 3.36. The van der Waals surface area contributed by atoms with Crippen LogP contribution >= 0.6 is 0 Å². The van der Waals surface area contributed by atoms with Gasteiger partial charge in [0.1, 0.15) is 0 Å². The Morgan fingerprint density at radius 3 is 2.47 bits per heavy atom. The Balaban J connectivity index is 2.36. The molecule has 0 unspecified atom stereocenters. The summed E-state index contributed by atoms with van der Waals surface area (Å²) in [6, 6.07) is 4.54. The average molecular weight is 229 g/mol. The van der Waals surface area contributed by atoms with Gasteiger partial charge in [0.25, 0.3) is 0 Å². The zero-order valence-electron chi connectivity index (χ0n) is 11.6.